The molecule has 3 aliphatic heterocycles. The molecule has 5 rings (SSSR count). The van der Waals surface area contributed by atoms with Gasteiger partial charge in [0, 0.05) is 35.3 Å². The number of amides is 3. The lowest BCUT2D eigenvalue weighted by atomic mass is 10.1. The molecule has 0 N–H and O–H groups in total. The normalized spacial score (nSPS) is 20.2. The highest BCUT2D eigenvalue weighted by Crippen LogP contribution is 2.27. The SMILES string of the molecule is CN1C(=O)C2C(=NC3=[N+]2CC(c2ccc(Cl)cc2)=NN3Cc2c(F)cccc2Cl)N(C)C1=O. The van der Waals surface area contributed by atoms with Crippen LogP contribution in [0.1, 0.15) is 11.1 Å². The number of hydrazone groups is 1. The summed E-state index contributed by atoms with van der Waals surface area (Å²) in [6, 6.07) is 10.3. The van der Waals surface area contributed by atoms with Crippen LogP contribution in [-0.2, 0) is 11.3 Å². The molecular weight excluding hydrogens is 470 g/mol. The summed E-state index contributed by atoms with van der Waals surface area (Å²) in [7, 11) is 3.00. The molecule has 0 aromatic heterocycles. The number of rotatable bonds is 3. The molecule has 168 valence electrons. The third kappa shape index (κ3) is 3.48. The highest BCUT2D eigenvalue weighted by molar-refractivity contribution is 6.31. The van der Waals surface area contributed by atoms with Crippen LogP contribution in [-0.4, -0.2) is 75.5 Å². The number of guanidine groups is 1. The Morgan fingerprint density at radius 1 is 1.09 bits per heavy atom. The zero-order chi connectivity index (χ0) is 23.4. The standard InChI is InChI=1S/C22H18Cl2FN6O2/c1-28-19-18(20(32)29(2)22(28)33)30-11-17(12-6-8-13(23)9-7-12)27-31(21(30)26-19)10-14-15(24)4-3-5-16(14)25/h3-9,18H,10-11H2,1-2H3/q+1. The van der Waals surface area contributed by atoms with Gasteiger partial charge in [-0.1, -0.05) is 46.4 Å². The van der Waals surface area contributed by atoms with E-state index in [0.717, 1.165) is 10.5 Å². The Hall–Kier alpha value is -3.30. The van der Waals surface area contributed by atoms with Crippen molar-refractivity contribution in [2.75, 3.05) is 20.6 Å². The smallest absolute Gasteiger partial charge is 0.270 e. The highest BCUT2D eigenvalue weighted by atomic mass is 35.5. The molecule has 3 aliphatic rings. The first-order chi connectivity index (χ1) is 15.8. The Labute approximate surface area is 198 Å². The van der Waals surface area contributed by atoms with Crippen LogP contribution < -0.4 is 0 Å². The third-order valence-electron chi connectivity index (χ3n) is 5.85. The second-order valence-electron chi connectivity index (χ2n) is 7.85. The van der Waals surface area contributed by atoms with Crippen molar-refractivity contribution in [3.8, 4) is 0 Å². The lowest BCUT2D eigenvalue weighted by molar-refractivity contribution is -0.527. The number of aliphatic imine (C=N–C) groups is 1. The molecule has 11 heteroatoms. The number of halogens is 3. The Balaban J connectivity index is 1.62. The van der Waals surface area contributed by atoms with Crippen LogP contribution in [0.15, 0.2) is 52.6 Å². The number of carbonyl (C=O) groups excluding carboxylic acids is 2. The summed E-state index contributed by atoms with van der Waals surface area (Å²) < 4.78 is 16.4. The maximum Gasteiger partial charge on any atom is 0.417 e. The number of amidine groups is 1. The van der Waals surface area contributed by atoms with Crippen LogP contribution in [0.5, 0.6) is 0 Å². The molecule has 0 aliphatic carbocycles. The fourth-order valence-electron chi connectivity index (χ4n) is 4.07. The molecule has 0 bridgehead atoms. The predicted octanol–water partition coefficient (Wildman–Crippen LogP) is 3.03. The number of carbonyl (C=O) groups is 2. The molecule has 1 fully saturated rings. The van der Waals surface area contributed by atoms with Crippen LogP contribution in [0.4, 0.5) is 9.18 Å². The average molecular weight is 488 g/mol. The summed E-state index contributed by atoms with van der Waals surface area (Å²) >= 11 is 12.3. The molecule has 3 heterocycles. The number of hydrogen-bond acceptors (Lipinski definition) is 5. The van der Waals surface area contributed by atoms with Crippen LogP contribution in [0.25, 0.3) is 0 Å². The van der Waals surface area contributed by atoms with Crippen molar-refractivity contribution in [1.82, 2.24) is 14.8 Å². The molecule has 2 aromatic carbocycles. The van der Waals surface area contributed by atoms with Gasteiger partial charge in [-0.25, -0.2) is 13.8 Å². The summed E-state index contributed by atoms with van der Waals surface area (Å²) in [5.74, 6) is -0.228. The summed E-state index contributed by atoms with van der Waals surface area (Å²) in [4.78, 5) is 32.5. The van der Waals surface area contributed by atoms with Gasteiger partial charge >= 0.3 is 12.0 Å². The van der Waals surface area contributed by atoms with Gasteiger partial charge in [0.05, 0.1) is 0 Å². The molecule has 3 amide bonds. The van der Waals surface area contributed by atoms with Gasteiger partial charge in [-0.3, -0.25) is 14.6 Å². The van der Waals surface area contributed by atoms with E-state index in [2.05, 4.69) is 4.99 Å². The quantitative estimate of drug-likeness (QED) is 0.624. The fraction of sp³-hybridized carbons (Fsp3) is 0.227. The first-order valence-corrected chi connectivity index (χ1v) is 10.8. The Bertz CT molecular complexity index is 1270. The zero-order valence-corrected chi connectivity index (χ0v) is 19.2. The molecule has 0 spiro atoms. The minimum atomic E-state index is -0.802. The number of fused-ring (bicyclic) bond motifs is 2. The predicted molar refractivity (Wildman–Crippen MR) is 122 cm³/mol. The third-order valence-corrected chi connectivity index (χ3v) is 6.46. The van der Waals surface area contributed by atoms with Crippen LogP contribution in [0.2, 0.25) is 10.0 Å². The van der Waals surface area contributed by atoms with Gasteiger partial charge in [0.25, 0.3) is 5.91 Å². The van der Waals surface area contributed by atoms with Crippen molar-refractivity contribution in [3.05, 3.63) is 69.5 Å². The lowest BCUT2D eigenvalue weighted by Crippen LogP contribution is -2.62. The number of urea groups is 1. The number of imide groups is 1. The van der Waals surface area contributed by atoms with Gasteiger partial charge in [0.1, 0.15) is 24.6 Å². The molecular formula is C22H18Cl2FN6O2+. The van der Waals surface area contributed by atoms with E-state index in [1.165, 1.54) is 29.1 Å². The number of likely N-dealkylation sites (N-methyl/N-ethyl adjacent to an activating group) is 2. The first-order valence-electron chi connectivity index (χ1n) is 10.1. The van der Waals surface area contributed by atoms with E-state index >= 15 is 0 Å². The van der Waals surface area contributed by atoms with Crippen molar-refractivity contribution in [3.63, 3.8) is 0 Å². The topological polar surface area (TPSA) is 71.6 Å². The molecule has 0 saturated carbocycles. The van der Waals surface area contributed by atoms with Crippen LogP contribution >= 0.6 is 23.2 Å². The maximum atomic E-state index is 14.6. The summed E-state index contributed by atoms with van der Waals surface area (Å²) in [6.45, 7) is 0.247. The Kier molecular flexibility index (Phi) is 5.18. The van der Waals surface area contributed by atoms with E-state index in [1.807, 2.05) is 12.1 Å². The molecule has 1 unspecified atom stereocenters. The van der Waals surface area contributed by atoms with Gasteiger partial charge in [-0.05, 0) is 24.3 Å². The molecule has 0 radical (unpaired) electrons. The highest BCUT2D eigenvalue weighted by Gasteiger charge is 2.54. The average Bonchev–Trinajstić information content (AvgIpc) is 3.19. The number of benzene rings is 2. The zero-order valence-electron chi connectivity index (χ0n) is 17.7. The number of hydrogen-bond donors (Lipinski definition) is 0. The van der Waals surface area contributed by atoms with E-state index in [9.17, 15) is 14.0 Å². The summed E-state index contributed by atoms with van der Waals surface area (Å²) in [5, 5.41) is 7.05. The van der Waals surface area contributed by atoms with E-state index in [1.54, 1.807) is 29.8 Å². The van der Waals surface area contributed by atoms with Gasteiger partial charge in [0.2, 0.25) is 11.9 Å². The van der Waals surface area contributed by atoms with Crippen molar-refractivity contribution in [1.29, 1.82) is 0 Å². The molecule has 2 aromatic rings. The van der Waals surface area contributed by atoms with Crippen LogP contribution in [0.3, 0.4) is 0 Å². The minimum Gasteiger partial charge on any atom is -0.270 e. The maximum absolute atomic E-state index is 14.6. The van der Waals surface area contributed by atoms with Crippen molar-refractivity contribution >= 4 is 52.6 Å². The largest absolute Gasteiger partial charge is 0.417 e. The van der Waals surface area contributed by atoms with Gasteiger partial charge < -0.3 is 0 Å². The van der Waals surface area contributed by atoms with E-state index < -0.39 is 23.8 Å². The molecule has 33 heavy (non-hydrogen) atoms. The van der Waals surface area contributed by atoms with E-state index in [-0.39, 0.29) is 23.7 Å². The van der Waals surface area contributed by atoms with Gasteiger partial charge in [-0.2, -0.15) is 0 Å². The Morgan fingerprint density at radius 2 is 1.82 bits per heavy atom. The van der Waals surface area contributed by atoms with Crippen molar-refractivity contribution < 1.29 is 18.6 Å². The second kappa shape index (κ2) is 7.93. The minimum absolute atomic E-state index is 0.0143. The molecule has 8 nitrogen and oxygen atoms in total. The van der Waals surface area contributed by atoms with Crippen LogP contribution in [0, 0.1) is 5.82 Å². The van der Waals surface area contributed by atoms with Crippen molar-refractivity contribution in [2.45, 2.75) is 12.6 Å². The van der Waals surface area contributed by atoms with Gasteiger partial charge in [-0.15, -0.1) is 10.1 Å². The van der Waals surface area contributed by atoms with Gasteiger partial charge in [0.15, 0.2) is 0 Å². The van der Waals surface area contributed by atoms with E-state index in [0.29, 0.717) is 22.5 Å². The lowest BCUT2D eigenvalue weighted by Gasteiger charge is -2.32. The molecule has 1 saturated heterocycles. The van der Waals surface area contributed by atoms with E-state index in [4.69, 9.17) is 28.3 Å². The Morgan fingerprint density at radius 3 is 2.52 bits per heavy atom. The first kappa shape index (κ1) is 21.5. The van der Waals surface area contributed by atoms with Crippen molar-refractivity contribution in [2.24, 2.45) is 10.1 Å². The second-order valence-corrected chi connectivity index (χ2v) is 8.69. The number of nitrogens with zero attached hydrogens (tertiary/aromatic N) is 6. The summed E-state index contributed by atoms with van der Waals surface area (Å²) in [5.41, 5.74) is 1.67. The summed E-state index contributed by atoms with van der Waals surface area (Å²) in [6.07, 6.45) is 0. The monoisotopic (exact) mass is 487 g/mol. The fourth-order valence-corrected chi connectivity index (χ4v) is 4.42. The molecule has 1 atom stereocenters.